The Morgan fingerprint density at radius 3 is 2.48 bits per heavy atom. The second kappa shape index (κ2) is 11.9. The van der Waals surface area contributed by atoms with Gasteiger partial charge in [0.25, 0.3) is 0 Å². The van der Waals surface area contributed by atoms with Gasteiger partial charge in [-0.1, -0.05) is 26.0 Å². The van der Waals surface area contributed by atoms with E-state index < -0.39 is 0 Å². The fourth-order valence-electron chi connectivity index (χ4n) is 3.55. The monoisotopic (exact) mass is 429 g/mol. The van der Waals surface area contributed by atoms with Crippen LogP contribution in [0, 0.1) is 5.92 Å². The number of nitrogens with zero attached hydrogens (tertiary/aromatic N) is 3. The number of piperazine rings is 1. The summed E-state index contributed by atoms with van der Waals surface area (Å²) in [5, 5.41) is 6.50. The Kier molecular flexibility index (Phi) is 9.00. The van der Waals surface area contributed by atoms with Gasteiger partial charge in [0.15, 0.2) is 5.96 Å². The lowest BCUT2D eigenvalue weighted by Crippen LogP contribution is -2.54. The average molecular weight is 430 g/mol. The number of ether oxygens (including phenoxy) is 1. The maximum absolute atomic E-state index is 12.0. The smallest absolute Gasteiger partial charge is 0.234 e. The Hall–Kier alpha value is -2.28. The molecule has 1 saturated heterocycles. The number of nitrogens with one attached hydrogen (secondary N) is 2. The number of benzene rings is 1. The highest BCUT2D eigenvalue weighted by molar-refractivity contribution is 5.80. The molecule has 1 aliphatic heterocycles. The molecule has 0 atom stereocenters. The Morgan fingerprint density at radius 1 is 1.16 bits per heavy atom. The van der Waals surface area contributed by atoms with Gasteiger partial charge in [-0.3, -0.25) is 14.7 Å². The lowest BCUT2D eigenvalue weighted by atomic mass is 10.1. The van der Waals surface area contributed by atoms with E-state index in [0.717, 1.165) is 76.8 Å². The number of hydrogen-bond donors (Lipinski definition) is 2. The van der Waals surface area contributed by atoms with Gasteiger partial charge in [-0.25, -0.2) is 0 Å². The molecule has 1 amide bonds. The summed E-state index contributed by atoms with van der Waals surface area (Å²) < 4.78 is 5.76. The van der Waals surface area contributed by atoms with Crippen molar-refractivity contribution in [2.24, 2.45) is 10.9 Å². The van der Waals surface area contributed by atoms with Crippen LogP contribution in [0.3, 0.4) is 0 Å². The number of hydrogen-bond acceptors (Lipinski definition) is 4. The van der Waals surface area contributed by atoms with E-state index in [4.69, 9.17) is 9.73 Å². The molecule has 7 heteroatoms. The molecule has 0 spiro atoms. The van der Waals surface area contributed by atoms with E-state index in [-0.39, 0.29) is 5.91 Å². The first-order chi connectivity index (χ1) is 15.0. The van der Waals surface area contributed by atoms with Crippen LogP contribution in [0.1, 0.15) is 39.2 Å². The molecule has 0 bridgehead atoms. The van der Waals surface area contributed by atoms with Crippen LogP contribution in [0.15, 0.2) is 29.3 Å². The summed E-state index contributed by atoms with van der Waals surface area (Å²) in [7, 11) is 0. The third-order valence-electron chi connectivity index (χ3n) is 5.49. The summed E-state index contributed by atoms with van der Waals surface area (Å²) in [6.07, 6.45) is 3.18. The lowest BCUT2D eigenvalue weighted by Gasteiger charge is -2.36. The Morgan fingerprint density at radius 2 is 1.87 bits per heavy atom. The molecule has 3 rings (SSSR count). The Balaban J connectivity index is 1.42. The predicted molar refractivity (Wildman–Crippen MR) is 126 cm³/mol. The van der Waals surface area contributed by atoms with Gasteiger partial charge in [0.2, 0.25) is 5.91 Å². The van der Waals surface area contributed by atoms with E-state index in [1.165, 1.54) is 5.56 Å². The molecule has 31 heavy (non-hydrogen) atoms. The highest BCUT2D eigenvalue weighted by Gasteiger charge is 2.25. The average Bonchev–Trinajstić information content (AvgIpc) is 3.57. The largest absolute Gasteiger partial charge is 0.493 e. The van der Waals surface area contributed by atoms with Crippen molar-refractivity contribution in [3.63, 3.8) is 0 Å². The second-order valence-corrected chi connectivity index (χ2v) is 8.94. The molecule has 1 aromatic rings. The number of carbonyl (C=O) groups is 1. The van der Waals surface area contributed by atoms with E-state index in [2.05, 4.69) is 53.3 Å². The minimum atomic E-state index is 0.164. The highest BCUT2D eigenvalue weighted by atomic mass is 16.5. The molecule has 0 unspecified atom stereocenters. The number of guanidine groups is 1. The normalized spacial score (nSPS) is 17.7. The van der Waals surface area contributed by atoms with Crippen LogP contribution >= 0.6 is 0 Å². The van der Waals surface area contributed by atoms with Crippen LogP contribution < -0.4 is 15.4 Å². The summed E-state index contributed by atoms with van der Waals surface area (Å²) in [6.45, 7) is 12.8. The molecule has 2 fully saturated rings. The predicted octanol–water partition coefficient (Wildman–Crippen LogP) is 2.13. The molecule has 1 heterocycles. The molecule has 2 N–H and O–H groups in total. The molecule has 1 aliphatic carbocycles. The molecule has 172 valence electrons. The summed E-state index contributed by atoms with van der Waals surface area (Å²) >= 11 is 0. The Labute approximate surface area is 187 Å². The van der Waals surface area contributed by atoms with E-state index in [0.29, 0.717) is 18.5 Å². The lowest BCUT2D eigenvalue weighted by molar-refractivity contribution is -0.122. The third-order valence-corrected chi connectivity index (χ3v) is 5.49. The van der Waals surface area contributed by atoms with Crippen molar-refractivity contribution in [1.82, 2.24) is 20.4 Å². The van der Waals surface area contributed by atoms with Gasteiger partial charge in [0.1, 0.15) is 5.75 Å². The summed E-state index contributed by atoms with van der Waals surface area (Å²) in [5.74, 6) is 2.59. The van der Waals surface area contributed by atoms with Crippen molar-refractivity contribution < 1.29 is 9.53 Å². The van der Waals surface area contributed by atoms with Crippen LogP contribution in [-0.2, 0) is 11.2 Å². The summed E-state index contributed by atoms with van der Waals surface area (Å²) in [6, 6.07) is 8.79. The first kappa shape index (κ1) is 23.4. The van der Waals surface area contributed by atoms with Gasteiger partial charge >= 0.3 is 0 Å². The van der Waals surface area contributed by atoms with Gasteiger partial charge in [0.05, 0.1) is 13.2 Å². The van der Waals surface area contributed by atoms with Crippen LogP contribution in [0.5, 0.6) is 5.75 Å². The van der Waals surface area contributed by atoms with Gasteiger partial charge in [-0.05, 0) is 49.8 Å². The van der Waals surface area contributed by atoms with Crippen LogP contribution in [0.2, 0.25) is 0 Å². The highest BCUT2D eigenvalue weighted by Crippen LogP contribution is 2.18. The Bertz CT molecular complexity index is 707. The minimum Gasteiger partial charge on any atom is -0.493 e. The first-order valence-corrected chi connectivity index (χ1v) is 11.8. The molecular formula is C24H39N5O2. The summed E-state index contributed by atoms with van der Waals surface area (Å²) in [5.41, 5.74) is 1.27. The van der Waals surface area contributed by atoms with E-state index in [1.807, 2.05) is 12.1 Å². The molecule has 0 radical (unpaired) electrons. The molecule has 1 saturated carbocycles. The van der Waals surface area contributed by atoms with Crippen molar-refractivity contribution in [3.05, 3.63) is 29.8 Å². The molecule has 1 aromatic carbocycles. The van der Waals surface area contributed by atoms with Crippen molar-refractivity contribution in [2.45, 2.75) is 46.1 Å². The van der Waals surface area contributed by atoms with Crippen LogP contribution in [0.25, 0.3) is 0 Å². The molecule has 0 aromatic heterocycles. The minimum absolute atomic E-state index is 0.164. The fourth-order valence-corrected chi connectivity index (χ4v) is 3.55. The molecule has 2 aliphatic rings. The van der Waals surface area contributed by atoms with Crippen LogP contribution in [0.4, 0.5) is 0 Å². The standard InChI is InChI=1S/C24H39N5O2/c1-4-25-24(26-12-11-20-5-9-22(10-6-20)31-18-19(2)3)29-15-13-28(14-16-29)17-23(30)27-21-7-8-21/h5-6,9-10,19,21H,4,7-8,11-18H2,1-3H3,(H,25,26)(H,27,30). The zero-order valence-electron chi connectivity index (χ0n) is 19.4. The van der Waals surface area contributed by atoms with Gasteiger partial charge < -0.3 is 20.3 Å². The fraction of sp³-hybridized carbons (Fsp3) is 0.667. The van der Waals surface area contributed by atoms with Crippen molar-refractivity contribution >= 4 is 11.9 Å². The number of aliphatic imine (C=N–C) groups is 1. The third kappa shape index (κ3) is 8.40. The number of carbonyl (C=O) groups excluding carboxylic acids is 1. The van der Waals surface area contributed by atoms with E-state index >= 15 is 0 Å². The maximum atomic E-state index is 12.0. The zero-order valence-corrected chi connectivity index (χ0v) is 19.4. The molecule has 7 nitrogen and oxygen atoms in total. The van der Waals surface area contributed by atoms with Gasteiger partial charge in [0, 0.05) is 45.3 Å². The van der Waals surface area contributed by atoms with Gasteiger partial charge in [-0.15, -0.1) is 0 Å². The van der Waals surface area contributed by atoms with Crippen molar-refractivity contribution in [1.29, 1.82) is 0 Å². The summed E-state index contributed by atoms with van der Waals surface area (Å²) in [4.78, 5) is 21.4. The van der Waals surface area contributed by atoms with Crippen molar-refractivity contribution in [2.75, 3.05) is 52.4 Å². The zero-order chi connectivity index (χ0) is 22.1. The van der Waals surface area contributed by atoms with E-state index in [1.54, 1.807) is 0 Å². The second-order valence-electron chi connectivity index (χ2n) is 8.94. The SMILES string of the molecule is CCNC(=NCCc1ccc(OCC(C)C)cc1)N1CCN(CC(=O)NC2CC2)CC1. The van der Waals surface area contributed by atoms with Crippen molar-refractivity contribution in [3.8, 4) is 5.75 Å². The number of rotatable bonds is 10. The van der Waals surface area contributed by atoms with E-state index in [9.17, 15) is 4.79 Å². The topological polar surface area (TPSA) is 69.2 Å². The van der Waals surface area contributed by atoms with Gasteiger partial charge in [-0.2, -0.15) is 0 Å². The molecular weight excluding hydrogens is 390 g/mol. The van der Waals surface area contributed by atoms with Crippen LogP contribution in [-0.4, -0.2) is 80.1 Å². The first-order valence-electron chi connectivity index (χ1n) is 11.8. The quantitative estimate of drug-likeness (QED) is 0.441. The maximum Gasteiger partial charge on any atom is 0.234 e. The number of amides is 1.